The molecule has 0 radical (unpaired) electrons. The van der Waals surface area contributed by atoms with Crippen molar-refractivity contribution in [2.75, 3.05) is 6.61 Å². The number of fused-ring (bicyclic) bond motifs is 1. The molecular formula is C17H19N3O2. The number of esters is 1. The van der Waals surface area contributed by atoms with Crippen LogP contribution in [0.2, 0.25) is 0 Å². The highest BCUT2D eigenvalue weighted by Crippen LogP contribution is 2.25. The van der Waals surface area contributed by atoms with E-state index in [4.69, 9.17) is 4.74 Å². The fourth-order valence-corrected chi connectivity index (χ4v) is 2.40. The summed E-state index contributed by atoms with van der Waals surface area (Å²) in [6.07, 6.45) is 3.89. The molecule has 0 aliphatic rings. The highest BCUT2D eigenvalue weighted by atomic mass is 16.5. The molecule has 5 nitrogen and oxygen atoms in total. The number of rotatable bonds is 4. The first-order valence-corrected chi connectivity index (χ1v) is 7.43. The highest BCUT2D eigenvalue weighted by molar-refractivity contribution is 5.96. The summed E-state index contributed by atoms with van der Waals surface area (Å²) in [4.78, 5) is 14.9. The van der Waals surface area contributed by atoms with Gasteiger partial charge in [0.05, 0.1) is 12.8 Å². The first-order chi connectivity index (χ1) is 10.6. The van der Waals surface area contributed by atoms with Crippen LogP contribution in [0.25, 0.3) is 22.0 Å². The second kappa shape index (κ2) is 5.67. The third-order valence-electron chi connectivity index (χ3n) is 3.58. The van der Waals surface area contributed by atoms with Crippen molar-refractivity contribution in [1.82, 2.24) is 14.8 Å². The van der Waals surface area contributed by atoms with Crippen LogP contribution in [0.4, 0.5) is 0 Å². The Labute approximate surface area is 128 Å². The number of carbonyl (C=O) groups excluding carboxylic acids is 1. The van der Waals surface area contributed by atoms with Gasteiger partial charge in [0.1, 0.15) is 5.69 Å². The number of H-pyrrole nitrogens is 1. The number of ether oxygens (including phenoxy) is 1. The molecule has 1 aromatic carbocycles. The molecule has 5 heteroatoms. The zero-order valence-corrected chi connectivity index (χ0v) is 13.0. The topological polar surface area (TPSA) is 59.9 Å². The van der Waals surface area contributed by atoms with Crippen molar-refractivity contribution < 1.29 is 9.53 Å². The molecule has 0 aliphatic carbocycles. The normalized spacial score (nSPS) is 11.3. The maximum absolute atomic E-state index is 11.8. The van der Waals surface area contributed by atoms with E-state index < -0.39 is 0 Å². The molecule has 3 aromatic rings. The molecule has 1 N–H and O–H groups in total. The number of nitrogens with zero attached hydrogens (tertiary/aromatic N) is 2. The molecule has 2 aromatic heterocycles. The van der Waals surface area contributed by atoms with Gasteiger partial charge in [0, 0.05) is 28.7 Å². The quantitative estimate of drug-likeness (QED) is 0.745. The molecule has 3 rings (SSSR count). The highest BCUT2D eigenvalue weighted by Gasteiger charge is 2.11. The minimum atomic E-state index is -0.326. The van der Waals surface area contributed by atoms with E-state index in [1.54, 1.807) is 6.92 Å². The molecule has 0 amide bonds. The predicted molar refractivity (Wildman–Crippen MR) is 85.9 cm³/mol. The summed E-state index contributed by atoms with van der Waals surface area (Å²) < 4.78 is 6.95. The van der Waals surface area contributed by atoms with Gasteiger partial charge in [-0.05, 0) is 44.5 Å². The van der Waals surface area contributed by atoms with E-state index in [1.807, 2.05) is 35.3 Å². The summed E-state index contributed by atoms with van der Waals surface area (Å²) in [6.45, 7) is 6.36. The molecule has 114 valence electrons. The van der Waals surface area contributed by atoms with Crippen LogP contribution in [-0.2, 0) is 4.74 Å². The fourth-order valence-electron chi connectivity index (χ4n) is 2.40. The van der Waals surface area contributed by atoms with Gasteiger partial charge in [0.25, 0.3) is 0 Å². The van der Waals surface area contributed by atoms with Crippen molar-refractivity contribution >= 4 is 16.9 Å². The fraction of sp³-hybridized carbons (Fsp3) is 0.294. The number of carbonyl (C=O) groups is 1. The van der Waals surface area contributed by atoms with Crippen molar-refractivity contribution in [3.8, 4) is 11.1 Å². The van der Waals surface area contributed by atoms with Crippen molar-refractivity contribution in [3.63, 3.8) is 0 Å². The minimum Gasteiger partial charge on any atom is -0.461 e. The summed E-state index contributed by atoms with van der Waals surface area (Å²) in [5.74, 6) is -0.326. The van der Waals surface area contributed by atoms with Gasteiger partial charge in [-0.2, -0.15) is 5.10 Å². The van der Waals surface area contributed by atoms with Crippen LogP contribution < -0.4 is 0 Å². The van der Waals surface area contributed by atoms with Crippen LogP contribution in [0.5, 0.6) is 0 Å². The Hall–Kier alpha value is -2.56. The first kappa shape index (κ1) is 14.4. The van der Waals surface area contributed by atoms with Gasteiger partial charge in [-0.25, -0.2) is 4.79 Å². The van der Waals surface area contributed by atoms with Crippen molar-refractivity contribution in [1.29, 1.82) is 0 Å². The molecule has 2 heterocycles. The van der Waals surface area contributed by atoms with Gasteiger partial charge in [0.2, 0.25) is 0 Å². The number of aromatic nitrogens is 3. The molecule has 0 atom stereocenters. The van der Waals surface area contributed by atoms with Crippen LogP contribution in [0.15, 0.2) is 36.7 Å². The number of benzene rings is 1. The average Bonchev–Trinajstić information content (AvgIpc) is 3.13. The lowest BCUT2D eigenvalue weighted by Crippen LogP contribution is -2.04. The Bertz CT molecular complexity index is 814. The van der Waals surface area contributed by atoms with E-state index in [1.165, 1.54) is 0 Å². The second-order valence-electron chi connectivity index (χ2n) is 5.51. The van der Waals surface area contributed by atoms with Crippen molar-refractivity contribution in [2.24, 2.45) is 0 Å². The van der Waals surface area contributed by atoms with Crippen molar-refractivity contribution in [2.45, 2.75) is 26.8 Å². The van der Waals surface area contributed by atoms with Gasteiger partial charge in [-0.3, -0.25) is 4.68 Å². The summed E-state index contributed by atoms with van der Waals surface area (Å²) in [5, 5.41) is 5.35. The maximum atomic E-state index is 11.8. The van der Waals surface area contributed by atoms with E-state index in [2.05, 4.69) is 30.0 Å². The Balaban J connectivity index is 1.96. The molecular weight excluding hydrogens is 278 g/mol. The Morgan fingerprint density at radius 3 is 2.82 bits per heavy atom. The summed E-state index contributed by atoms with van der Waals surface area (Å²) in [5.41, 5.74) is 3.54. The van der Waals surface area contributed by atoms with E-state index in [0.29, 0.717) is 18.3 Å². The zero-order valence-electron chi connectivity index (χ0n) is 13.0. The van der Waals surface area contributed by atoms with Crippen LogP contribution in [-0.4, -0.2) is 27.3 Å². The standard InChI is InChI=1S/C17H19N3O2/c1-4-22-17(21)16-8-13-7-12(5-6-15(13)19-16)14-9-18-20(10-14)11(2)3/h5-11,19H,4H2,1-3H3. The third-order valence-corrected chi connectivity index (χ3v) is 3.58. The number of nitrogens with one attached hydrogen (secondary N) is 1. The van der Waals surface area contributed by atoms with Gasteiger partial charge in [-0.1, -0.05) is 6.07 Å². The summed E-state index contributed by atoms with van der Waals surface area (Å²) >= 11 is 0. The lowest BCUT2D eigenvalue weighted by Gasteiger charge is -2.03. The van der Waals surface area contributed by atoms with Crippen LogP contribution in [0, 0.1) is 0 Å². The van der Waals surface area contributed by atoms with Gasteiger partial charge < -0.3 is 9.72 Å². The number of aromatic amines is 1. The number of hydrogen-bond donors (Lipinski definition) is 1. The van der Waals surface area contributed by atoms with Gasteiger partial charge >= 0.3 is 5.97 Å². The van der Waals surface area contributed by atoms with E-state index in [9.17, 15) is 4.79 Å². The maximum Gasteiger partial charge on any atom is 0.354 e. The van der Waals surface area contributed by atoms with Crippen LogP contribution >= 0.6 is 0 Å². The number of hydrogen-bond acceptors (Lipinski definition) is 3. The van der Waals surface area contributed by atoms with Crippen LogP contribution in [0.3, 0.4) is 0 Å². The SMILES string of the molecule is CCOC(=O)c1cc2cc(-c3cnn(C(C)C)c3)ccc2[nH]1. The van der Waals surface area contributed by atoms with E-state index >= 15 is 0 Å². The first-order valence-electron chi connectivity index (χ1n) is 7.43. The Kier molecular flexibility index (Phi) is 3.71. The van der Waals surface area contributed by atoms with Crippen molar-refractivity contribution in [3.05, 3.63) is 42.4 Å². The van der Waals surface area contributed by atoms with Crippen LogP contribution in [0.1, 0.15) is 37.3 Å². The zero-order chi connectivity index (χ0) is 15.7. The van der Waals surface area contributed by atoms with E-state index in [0.717, 1.165) is 22.0 Å². The van der Waals surface area contributed by atoms with E-state index in [-0.39, 0.29) is 5.97 Å². The van der Waals surface area contributed by atoms with Gasteiger partial charge in [0.15, 0.2) is 0 Å². The van der Waals surface area contributed by atoms with Gasteiger partial charge in [-0.15, -0.1) is 0 Å². The molecule has 0 saturated carbocycles. The lowest BCUT2D eigenvalue weighted by atomic mass is 10.1. The predicted octanol–water partition coefficient (Wildman–Crippen LogP) is 3.79. The summed E-state index contributed by atoms with van der Waals surface area (Å²) in [7, 11) is 0. The molecule has 22 heavy (non-hydrogen) atoms. The third kappa shape index (κ3) is 2.62. The molecule has 0 saturated heterocycles. The molecule has 0 bridgehead atoms. The monoisotopic (exact) mass is 297 g/mol. The molecule has 0 unspecified atom stereocenters. The minimum absolute atomic E-state index is 0.326. The molecule has 0 aliphatic heterocycles. The smallest absolute Gasteiger partial charge is 0.354 e. The second-order valence-corrected chi connectivity index (χ2v) is 5.51. The summed E-state index contributed by atoms with van der Waals surface area (Å²) in [6, 6.07) is 8.20. The largest absolute Gasteiger partial charge is 0.461 e. The molecule has 0 fully saturated rings. The Morgan fingerprint density at radius 1 is 1.32 bits per heavy atom. The lowest BCUT2D eigenvalue weighted by molar-refractivity contribution is 0.0520. The average molecular weight is 297 g/mol. The Morgan fingerprint density at radius 2 is 2.14 bits per heavy atom. The molecule has 0 spiro atoms.